The van der Waals surface area contributed by atoms with Crippen molar-refractivity contribution in [1.29, 1.82) is 0 Å². The van der Waals surface area contributed by atoms with Crippen molar-refractivity contribution in [3.05, 3.63) is 255 Å². The maximum Gasteiger partial charge on any atom is 0.136 e. The third-order valence-corrected chi connectivity index (χ3v) is 11.9. The molecule has 300 valence electrons. The summed E-state index contributed by atoms with van der Waals surface area (Å²) in [6.45, 7) is 5.99. The number of anilines is 3. The molecule has 0 atom stereocenters. The van der Waals surface area contributed by atoms with Gasteiger partial charge in [0.2, 0.25) is 0 Å². The van der Waals surface area contributed by atoms with Crippen LogP contribution in [0.25, 0.3) is 83.1 Å². The van der Waals surface area contributed by atoms with Gasteiger partial charge in [-0.2, -0.15) is 0 Å². The molecular weight excluding hydrogens is 763 g/mol. The first-order valence-corrected chi connectivity index (χ1v) is 21.5. The molecule has 9 aromatic carbocycles. The number of hydrogen-bond donors (Lipinski definition) is 0. The third-order valence-electron chi connectivity index (χ3n) is 11.9. The van der Waals surface area contributed by atoms with Crippen molar-refractivity contribution in [3.63, 3.8) is 0 Å². The number of hydrogen-bond acceptors (Lipinski definition) is 2. The van der Waals surface area contributed by atoms with Crippen LogP contribution >= 0.6 is 0 Å². The summed E-state index contributed by atoms with van der Waals surface area (Å²) in [6, 6.07) is 78.2. The van der Waals surface area contributed by atoms with Gasteiger partial charge in [0.1, 0.15) is 11.2 Å². The Bertz CT molecular complexity index is 3270. The molecule has 0 aliphatic rings. The largest absolute Gasteiger partial charge is 0.456 e. The van der Waals surface area contributed by atoms with Gasteiger partial charge in [0.25, 0.3) is 0 Å². The second kappa shape index (κ2) is 17.4. The summed E-state index contributed by atoms with van der Waals surface area (Å²) >= 11 is 0. The zero-order valence-corrected chi connectivity index (χ0v) is 35.2. The van der Waals surface area contributed by atoms with Crippen LogP contribution in [-0.4, -0.2) is 0 Å². The van der Waals surface area contributed by atoms with Crippen LogP contribution in [0.4, 0.5) is 17.1 Å². The summed E-state index contributed by atoms with van der Waals surface area (Å²) in [4.78, 5) is 2.38. The lowest BCUT2D eigenvalue weighted by atomic mass is 9.89. The Hall–Kier alpha value is -8.20. The van der Waals surface area contributed by atoms with E-state index in [9.17, 15) is 0 Å². The lowest BCUT2D eigenvalue weighted by molar-refractivity contribution is 0.669. The molecule has 1 aromatic heterocycles. The Morgan fingerprint density at radius 1 is 0.444 bits per heavy atom. The molecular formula is C61H45NO. The Kier molecular flexibility index (Phi) is 10.8. The van der Waals surface area contributed by atoms with Gasteiger partial charge in [-0.25, -0.2) is 0 Å². The van der Waals surface area contributed by atoms with E-state index < -0.39 is 0 Å². The highest BCUT2D eigenvalue weighted by atomic mass is 16.3. The quantitative estimate of drug-likeness (QED) is 0.121. The lowest BCUT2D eigenvalue weighted by Crippen LogP contribution is -2.11. The molecule has 63 heavy (non-hydrogen) atoms. The van der Waals surface area contributed by atoms with Gasteiger partial charge in [-0.3, -0.25) is 0 Å². The van der Waals surface area contributed by atoms with Crippen LogP contribution in [0.1, 0.15) is 12.5 Å². The fraction of sp³-hybridized carbons (Fsp3) is 0.0164. The van der Waals surface area contributed by atoms with E-state index in [0.717, 1.165) is 78.0 Å². The van der Waals surface area contributed by atoms with E-state index in [0.29, 0.717) is 0 Å². The Morgan fingerprint density at radius 2 is 1.00 bits per heavy atom. The number of para-hydroxylation sites is 1. The van der Waals surface area contributed by atoms with Crippen molar-refractivity contribution in [3.8, 4) is 55.6 Å². The number of furan rings is 1. The average molecular weight is 808 g/mol. The van der Waals surface area contributed by atoms with Crippen LogP contribution in [0, 0.1) is 0 Å². The van der Waals surface area contributed by atoms with Gasteiger partial charge in [-0.1, -0.05) is 195 Å². The van der Waals surface area contributed by atoms with E-state index in [4.69, 9.17) is 4.42 Å². The van der Waals surface area contributed by atoms with E-state index >= 15 is 0 Å². The molecule has 2 nitrogen and oxygen atoms in total. The first-order valence-electron chi connectivity index (χ1n) is 21.5. The maximum atomic E-state index is 6.33. The number of allylic oxidation sites excluding steroid dienone is 5. The van der Waals surface area contributed by atoms with E-state index in [1.165, 1.54) is 27.8 Å². The molecule has 0 unspecified atom stereocenters. The number of fused-ring (bicyclic) bond motifs is 3. The molecule has 1 heterocycles. The van der Waals surface area contributed by atoms with Gasteiger partial charge in [0.15, 0.2) is 0 Å². The fourth-order valence-corrected chi connectivity index (χ4v) is 8.77. The molecule has 0 aliphatic heterocycles. The summed E-state index contributed by atoms with van der Waals surface area (Å²) in [6.07, 6.45) is 8.08. The smallest absolute Gasteiger partial charge is 0.136 e. The molecule has 0 saturated carbocycles. The average Bonchev–Trinajstić information content (AvgIpc) is 3.75. The minimum Gasteiger partial charge on any atom is -0.456 e. The molecule has 0 amide bonds. The maximum absolute atomic E-state index is 6.33. The Labute approximate surface area is 369 Å². The van der Waals surface area contributed by atoms with Gasteiger partial charge in [-0.15, -0.1) is 0 Å². The summed E-state index contributed by atoms with van der Waals surface area (Å²) in [5, 5.41) is 2.26. The summed E-state index contributed by atoms with van der Waals surface area (Å²) < 4.78 is 6.33. The number of benzene rings is 9. The van der Waals surface area contributed by atoms with Crippen LogP contribution in [0.3, 0.4) is 0 Å². The minimum absolute atomic E-state index is 0.892. The highest BCUT2D eigenvalue weighted by Gasteiger charge is 2.20. The number of nitrogens with zero attached hydrogens (tertiary/aromatic N) is 1. The van der Waals surface area contributed by atoms with Crippen molar-refractivity contribution in [1.82, 2.24) is 0 Å². The van der Waals surface area contributed by atoms with Crippen LogP contribution in [0.15, 0.2) is 254 Å². The second-order valence-corrected chi connectivity index (χ2v) is 15.6. The van der Waals surface area contributed by atoms with E-state index in [1.807, 2.05) is 24.3 Å². The highest BCUT2D eigenvalue weighted by Crippen LogP contribution is 2.45. The highest BCUT2D eigenvalue weighted by molar-refractivity contribution is 6.13. The predicted octanol–water partition coefficient (Wildman–Crippen LogP) is 17.5. The monoisotopic (exact) mass is 807 g/mol. The van der Waals surface area contributed by atoms with Crippen molar-refractivity contribution in [2.45, 2.75) is 6.92 Å². The topological polar surface area (TPSA) is 16.4 Å². The molecule has 2 heteroatoms. The molecule has 0 fully saturated rings. The van der Waals surface area contributed by atoms with Crippen LogP contribution < -0.4 is 4.90 Å². The van der Waals surface area contributed by atoms with Crippen molar-refractivity contribution in [2.24, 2.45) is 0 Å². The summed E-state index contributed by atoms with van der Waals surface area (Å²) in [7, 11) is 0. The molecule has 0 saturated heterocycles. The fourth-order valence-electron chi connectivity index (χ4n) is 8.77. The Morgan fingerprint density at radius 3 is 1.65 bits per heavy atom. The van der Waals surface area contributed by atoms with Crippen LogP contribution in [0.5, 0.6) is 0 Å². The van der Waals surface area contributed by atoms with E-state index in [-0.39, 0.29) is 0 Å². The molecule has 0 radical (unpaired) electrons. The minimum atomic E-state index is 0.892. The molecule has 0 bridgehead atoms. The number of rotatable bonds is 11. The standard InChI is InChI=1S/C61H45NO/c1-3-5-18-43(4-2)49-34-40-58(57(42-49)48-23-13-8-14-24-48)62(51-35-29-45(30-36-51)44-19-9-6-10-20-44)52-37-31-46(32-38-52)50-33-39-53(56(41-50)47-21-11-7-12-22-47)54-26-17-28-60-61(54)55-25-15-16-27-59(55)63-60/h3-42H,1H2,2H3/b18-5-,43-4+. The van der Waals surface area contributed by atoms with Crippen molar-refractivity contribution < 1.29 is 4.42 Å². The summed E-state index contributed by atoms with van der Waals surface area (Å²) in [5.74, 6) is 0. The van der Waals surface area contributed by atoms with E-state index in [1.54, 1.807) is 0 Å². The van der Waals surface area contributed by atoms with Crippen molar-refractivity contribution in [2.75, 3.05) is 4.90 Å². The Balaban J connectivity index is 1.10. The second-order valence-electron chi connectivity index (χ2n) is 15.6. The third kappa shape index (κ3) is 7.71. The van der Waals surface area contributed by atoms with Crippen molar-refractivity contribution >= 4 is 44.6 Å². The van der Waals surface area contributed by atoms with Gasteiger partial charge in [0, 0.05) is 27.7 Å². The first-order chi connectivity index (χ1) is 31.2. The molecule has 10 aromatic rings. The molecule has 0 aliphatic carbocycles. The normalized spacial score (nSPS) is 11.7. The molecule has 0 spiro atoms. The van der Waals surface area contributed by atoms with E-state index in [2.05, 4.69) is 237 Å². The van der Waals surface area contributed by atoms with Gasteiger partial charge >= 0.3 is 0 Å². The van der Waals surface area contributed by atoms with Gasteiger partial charge < -0.3 is 9.32 Å². The zero-order valence-electron chi connectivity index (χ0n) is 35.2. The van der Waals surface area contributed by atoms with Gasteiger partial charge in [-0.05, 0) is 123 Å². The molecule has 10 rings (SSSR count). The van der Waals surface area contributed by atoms with Crippen LogP contribution in [-0.2, 0) is 0 Å². The first kappa shape index (κ1) is 39.0. The van der Waals surface area contributed by atoms with Gasteiger partial charge in [0.05, 0.1) is 5.69 Å². The van der Waals surface area contributed by atoms with Crippen LogP contribution in [0.2, 0.25) is 0 Å². The lowest BCUT2D eigenvalue weighted by Gasteiger charge is -2.29. The molecule has 0 N–H and O–H groups in total. The zero-order chi connectivity index (χ0) is 42.5. The predicted molar refractivity (Wildman–Crippen MR) is 269 cm³/mol. The summed E-state index contributed by atoms with van der Waals surface area (Å²) in [5.41, 5.74) is 18.9. The SMILES string of the molecule is C=C/C=C\C(=C/C)c1ccc(N(c2ccc(-c3ccccc3)cc2)c2ccc(-c3ccc(-c4cccc5oc6ccccc6c45)c(-c4ccccc4)c3)cc2)c(-c2ccccc2)c1.